The van der Waals surface area contributed by atoms with Gasteiger partial charge in [0, 0.05) is 40.5 Å². The van der Waals surface area contributed by atoms with Crippen molar-refractivity contribution in [3.63, 3.8) is 0 Å². The Balaban J connectivity index is 0.960. The minimum atomic E-state index is -0.571. The van der Waals surface area contributed by atoms with Gasteiger partial charge in [-0.3, -0.25) is 9.13 Å². The third-order valence-corrected chi connectivity index (χ3v) is 12.4. The summed E-state index contributed by atoms with van der Waals surface area (Å²) in [6, 6.07) is 53.7. The zero-order chi connectivity index (χ0) is 53.7. The molecule has 2 aliphatic heterocycles. The first-order valence-corrected chi connectivity index (χ1v) is 22.1. The van der Waals surface area contributed by atoms with Crippen molar-refractivity contribution in [2.75, 3.05) is 14.4 Å². The fourth-order valence-corrected chi connectivity index (χ4v) is 9.56. The number of imidazole rings is 1. The molecular weight excluding hydrogens is 832 g/mol. The number of anilines is 6. The molecule has 13 rings (SSSR count). The van der Waals surface area contributed by atoms with Crippen LogP contribution in [-0.4, -0.2) is 16.7 Å². The third-order valence-electron chi connectivity index (χ3n) is 12.4. The van der Waals surface area contributed by atoms with Crippen LogP contribution in [0.15, 0.2) is 249 Å². The first kappa shape index (κ1) is 30.1. The van der Waals surface area contributed by atoms with Gasteiger partial charge in [-0.25, -0.2) is 4.98 Å². The lowest BCUT2D eigenvalue weighted by atomic mass is 9.83. The first-order valence-electron chi connectivity index (χ1n) is 27.1. The number of nitrogens with zero attached hydrogens (tertiary/aromatic N) is 6. The summed E-state index contributed by atoms with van der Waals surface area (Å²) in [4.78, 5) is 11.9. The van der Waals surface area contributed by atoms with Gasteiger partial charge < -0.3 is 19.2 Å². The zero-order valence-corrected chi connectivity index (χ0v) is 36.1. The van der Waals surface area contributed by atoms with E-state index in [1.807, 2.05) is 97.1 Å². The summed E-state index contributed by atoms with van der Waals surface area (Å²) in [6.07, 6.45) is 5.26. The molecule has 2 aromatic heterocycles. The highest BCUT2D eigenvalue weighted by Crippen LogP contribution is 2.55. The molecule has 0 spiro atoms. The SMILES string of the molecule is [2H]c1c([2H])c([2H])c(-c2cccc(-c3c([2H])c([2H])c([2H])c([2H])c3[2H])c2-[n+]2[c-]n(-c3cccc(Oc4ccc5c(c4)N(c4ccccn4)B4N(c6ccccc6)c6ccccc6-c6ccccc6N45)c3)c3ccccc32)c([2H])c1[2H]. The number of benzene rings is 9. The summed E-state index contributed by atoms with van der Waals surface area (Å²) in [5.41, 5.74) is 9.05. The average Bonchev–Trinajstić information content (AvgIpc) is 4.20. The maximum absolute atomic E-state index is 9.07. The van der Waals surface area contributed by atoms with Gasteiger partial charge in [-0.15, -0.1) is 0 Å². The highest BCUT2D eigenvalue weighted by atomic mass is 16.5. The first-order chi connectivity index (χ1) is 37.9. The number of aromatic nitrogens is 3. The molecule has 68 heavy (non-hydrogen) atoms. The molecule has 0 saturated heterocycles. The van der Waals surface area contributed by atoms with Crippen molar-refractivity contribution in [3.05, 3.63) is 255 Å². The van der Waals surface area contributed by atoms with Crippen LogP contribution in [-0.2, 0) is 0 Å². The number of ether oxygens (including phenoxy) is 1. The zero-order valence-electron chi connectivity index (χ0n) is 46.1. The van der Waals surface area contributed by atoms with Gasteiger partial charge in [0.25, 0.3) is 6.33 Å². The van der Waals surface area contributed by atoms with Gasteiger partial charge in [0.1, 0.15) is 17.3 Å². The molecule has 9 aromatic carbocycles. The van der Waals surface area contributed by atoms with E-state index in [0.29, 0.717) is 28.2 Å². The van der Waals surface area contributed by atoms with Crippen molar-refractivity contribution < 1.29 is 23.0 Å². The number of rotatable bonds is 8. The van der Waals surface area contributed by atoms with Gasteiger partial charge in [-0.05, 0) is 89.0 Å². The Hall–Kier alpha value is -9.14. The Morgan fingerprint density at radius 2 is 1.07 bits per heavy atom. The fourth-order valence-electron chi connectivity index (χ4n) is 9.56. The highest BCUT2D eigenvalue weighted by Gasteiger charge is 2.51. The van der Waals surface area contributed by atoms with E-state index in [-0.39, 0.29) is 27.9 Å². The number of pyridine rings is 1. The minimum Gasteiger partial charge on any atom is -0.458 e. The highest BCUT2D eigenvalue weighted by molar-refractivity contribution is 6.78. The lowest BCUT2D eigenvalue weighted by molar-refractivity contribution is -0.571. The van der Waals surface area contributed by atoms with E-state index in [1.54, 1.807) is 33.5 Å². The van der Waals surface area contributed by atoms with Crippen LogP contribution in [0.2, 0.25) is 0 Å². The van der Waals surface area contributed by atoms with Gasteiger partial charge in [0.05, 0.1) is 47.5 Å². The molecule has 4 heterocycles. The van der Waals surface area contributed by atoms with Gasteiger partial charge in [-0.1, -0.05) is 170 Å². The quantitative estimate of drug-likeness (QED) is 0.0864. The van der Waals surface area contributed by atoms with Crippen molar-refractivity contribution in [1.82, 2.24) is 9.55 Å². The summed E-state index contributed by atoms with van der Waals surface area (Å²) in [5, 5.41) is 0. The van der Waals surface area contributed by atoms with Gasteiger partial charge in [0.15, 0.2) is 0 Å². The van der Waals surface area contributed by atoms with Crippen molar-refractivity contribution in [1.29, 1.82) is 0 Å². The minimum absolute atomic E-state index is 0.136. The van der Waals surface area contributed by atoms with E-state index in [4.69, 9.17) is 23.4 Å². The number of fused-ring (bicyclic) bond motifs is 8. The smallest absolute Gasteiger partial charge is 0.458 e. The summed E-state index contributed by atoms with van der Waals surface area (Å²) in [7, 11) is -0.448. The Labute approximate surface area is 409 Å². The Bertz CT molecular complexity index is 4120. The fraction of sp³-hybridized carbons (Fsp3) is 0. The Kier molecular flexibility index (Phi) is 7.26. The van der Waals surface area contributed by atoms with Crippen molar-refractivity contribution in [2.45, 2.75) is 0 Å². The predicted octanol–water partition coefficient (Wildman–Crippen LogP) is 14.3. The van der Waals surface area contributed by atoms with E-state index in [1.165, 1.54) is 0 Å². The molecule has 8 heteroatoms. The van der Waals surface area contributed by atoms with E-state index in [0.717, 1.165) is 45.4 Å². The topological polar surface area (TPSA) is 40.7 Å². The van der Waals surface area contributed by atoms with Gasteiger partial charge in [-0.2, -0.15) is 0 Å². The van der Waals surface area contributed by atoms with Crippen LogP contribution in [0.5, 0.6) is 11.5 Å². The average molecular weight is 883 g/mol. The predicted molar refractivity (Wildman–Crippen MR) is 276 cm³/mol. The summed E-state index contributed by atoms with van der Waals surface area (Å²) < 4.78 is 97.8. The van der Waals surface area contributed by atoms with Crippen LogP contribution >= 0.6 is 0 Å². The maximum atomic E-state index is 9.07. The number of hydrogen-bond acceptors (Lipinski definition) is 5. The van der Waals surface area contributed by atoms with Crippen LogP contribution in [0.4, 0.5) is 34.3 Å². The molecule has 0 fully saturated rings. The van der Waals surface area contributed by atoms with E-state index < -0.39 is 67.5 Å². The molecule has 0 saturated carbocycles. The molecule has 0 amide bonds. The summed E-state index contributed by atoms with van der Waals surface area (Å²) in [6.45, 7) is 0. The molecule has 0 atom stereocenters. The maximum Gasteiger partial charge on any atom is 0.520 e. The Morgan fingerprint density at radius 3 is 1.79 bits per heavy atom. The van der Waals surface area contributed by atoms with Gasteiger partial charge in [0.2, 0.25) is 0 Å². The van der Waals surface area contributed by atoms with E-state index >= 15 is 0 Å². The van der Waals surface area contributed by atoms with Crippen LogP contribution in [0, 0.1) is 6.33 Å². The van der Waals surface area contributed by atoms with Crippen LogP contribution in [0.3, 0.4) is 0 Å². The van der Waals surface area contributed by atoms with Crippen molar-refractivity contribution in [2.24, 2.45) is 0 Å². The molecule has 7 nitrogen and oxygen atoms in total. The molecule has 0 N–H and O–H groups in total. The molecule has 0 bridgehead atoms. The second kappa shape index (κ2) is 16.4. The molecule has 2 aliphatic rings. The lowest BCUT2D eigenvalue weighted by Crippen LogP contribution is -2.55. The van der Waals surface area contributed by atoms with E-state index in [2.05, 4.69) is 87.5 Å². The van der Waals surface area contributed by atoms with E-state index in [9.17, 15) is 0 Å². The largest absolute Gasteiger partial charge is 0.520 e. The molecule has 0 radical (unpaired) electrons. The third kappa shape index (κ3) is 6.53. The number of hydrogen-bond donors (Lipinski definition) is 0. The second-order valence-electron chi connectivity index (χ2n) is 16.2. The molecule has 0 unspecified atom stereocenters. The number of para-hydroxylation sites is 6. The van der Waals surface area contributed by atoms with Crippen molar-refractivity contribution >= 4 is 52.4 Å². The molecule has 0 aliphatic carbocycles. The van der Waals surface area contributed by atoms with Crippen molar-refractivity contribution in [3.8, 4) is 56.3 Å². The van der Waals surface area contributed by atoms with Crippen LogP contribution < -0.4 is 23.7 Å². The normalized spacial score (nSPS) is 14.6. The van der Waals surface area contributed by atoms with Crippen LogP contribution in [0.1, 0.15) is 13.7 Å². The second-order valence-corrected chi connectivity index (χ2v) is 16.2. The lowest BCUT2D eigenvalue weighted by Gasteiger charge is -2.37. The molecule has 11 aromatic rings. The summed E-state index contributed by atoms with van der Waals surface area (Å²) in [5.74, 6) is 1.78. The molecular formula is C60H41BN6O. The van der Waals surface area contributed by atoms with Gasteiger partial charge >= 0.3 is 7.12 Å². The standard InChI is InChI=1S/C60H41BN6O/c1-4-20-43(21-5-1)49-30-19-31-50(44-22-6-2-7-23-44)60(49)64-42-63(55-34-14-15-35-56(55)64)46-26-18-27-47(40-46)68-48-37-38-57-58(41-48)67(59-36-16-17-39-62-59)61-65(45-24-8-3-9-25-45)53-32-12-10-28-51(53)52-29-11-13-33-54(52)66(57)61/h1-41H/i1D,2D,4D,5D,6D,7D,20D,21D,22D,23D. The van der Waals surface area contributed by atoms with Crippen LogP contribution in [0.25, 0.3) is 55.8 Å². The molecule has 320 valence electrons. The Morgan fingerprint density at radius 1 is 0.471 bits per heavy atom. The summed E-state index contributed by atoms with van der Waals surface area (Å²) >= 11 is 0. The monoisotopic (exact) mass is 882 g/mol.